The van der Waals surface area contributed by atoms with Gasteiger partial charge in [0.2, 0.25) is 5.91 Å². The molecular weight excluding hydrogens is 346 g/mol. The van der Waals surface area contributed by atoms with Crippen molar-refractivity contribution < 1.29 is 4.79 Å². The van der Waals surface area contributed by atoms with E-state index < -0.39 is 0 Å². The zero-order valence-corrected chi connectivity index (χ0v) is 16.9. The number of benzene rings is 1. The van der Waals surface area contributed by atoms with E-state index in [1.807, 2.05) is 6.07 Å². The highest BCUT2D eigenvalue weighted by atomic mass is 16.1. The lowest BCUT2D eigenvalue weighted by molar-refractivity contribution is -0.123. The quantitative estimate of drug-likeness (QED) is 0.821. The highest BCUT2D eigenvalue weighted by Crippen LogP contribution is 2.46. The molecule has 3 unspecified atom stereocenters. The molecule has 4 heteroatoms. The fraction of sp³-hybridized carbons (Fsp3) is 0.458. The summed E-state index contributed by atoms with van der Waals surface area (Å²) >= 11 is 0. The van der Waals surface area contributed by atoms with Crippen molar-refractivity contribution >= 4 is 5.91 Å². The third-order valence-electron chi connectivity index (χ3n) is 6.80. The maximum Gasteiger partial charge on any atom is 0.240 e. The molecule has 1 aromatic carbocycles. The van der Waals surface area contributed by atoms with Gasteiger partial charge in [-0.25, -0.2) is 0 Å². The normalized spacial score (nSPS) is 26.2. The van der Waals surface area contributed by atoms with Gasteiger partial charge < -0.3 is 16.4 Å². The van der Waals surface area contributed by atoms with Crippen molar-refractivity contribution in [3.63, 3.8) is 0 Å². The van der Waals surface area contributed by atoms with Crippen molar-refractivity contribution in [2.24, 2.45) is 11.5 Å². The van der Waals surface area contributed by atoms with Gasteiger partial charge in [0.15, 0.2) is 0 Å². The summed E-state index contributed by atoms with van der Waals surface area (Å²) in [5, 5.41) is 0. The Bertz CT molecular complexity index is 852. The number of rotatable bonds is 5. The van der Waals surface area contributed by atoms with Crippen LogP contribution in [0.1, 0.15) is 57.4 Å². The Morgan fingerprint density at radius 2 is 2.00 bits per heavy atom. The van der Waals surface area contributed by atoms with Crippen LogP contribution in [0.3, 0.4) is 0 Å². The number of hydrogen-bond acceptors (Lipinski definition) is 3. The summed E-state index contributed by atoms with van der Waals surface area (Å²) in [6.07, 6.45) is 9.00. The van der Waals surface area contributed by atoms with E-state index in [0.29, 0.717) is 12.3 Å². The molecule has 0 saturated carbocycles. The van der Waals surface area contributed by atoms with Gasteiger partial charge in [0, 0.05) is 36.5 Å². The second-order valence-electron chi connectivity index (χ2n) is 8.32. The number of nitrogens with two attached hydrogens (primary N) is 2. The Kier molecular flexibility index (Phi) is 5.15. The summed E-state index contributed by atoms with van der Waals surface area (Å²) in [5.74, 6) is 0.0667. The van der Waals surface area contributed by atoms with Gasteiger partial charge in [0.1, 0.15) is 6.04 Å². The summed E-state index contributed by atoms with van der Waals surface area (Å²) in [6, 6.07) is 10.5. The first kappa shape index (κ1) is 19.0. The molecule has 0 aromatic heterocycles. The zero-order chi connectivity index (χ0) is 19.8. The van der Waals surface area contributed by atoms with E-state index in [1.165, 1.54) is 28.0 Å². The lowest BCUT2D eigenvalue weighted by Crippen LogP contribution is -2.48. The molecule has 148 valence electrons. The molecule has 2 aliphatic carbocycles. The Morgan fingerprint density at radius 3 is 2.68 bits per heavy atom. The van der Waals surface area contributed by atoms with E-state index in [0.717, 1.165) is 25.7 Å². The Balaban J connectivity index is 1.76. The minimum atomic E-state index is -0.282. The van der Waals surface area contributed by atoms with Crippen LogP contribution in [0.4, 0.5) is 0 Å². The maximum atomic E-state index is 12.5. The summed E-state index contributed by atoms with van der Waals surface area (Å²) in [7, 11) is 0. The number of amides is 1. The van der Waals surface area contributed by atoms with Crippen LogP contribution in [0.25, 0.3) is 0 Å². The lowest BCUT2D eigenvalue weighted by Gasteiger charge is -2.41. The topological polar surface area (TPSA) is 72.3 Å². The highest BCUT2D eigenvalue weighted by molar-refractivity contribution is 5.82. The Morgan fingerprint density at radius 1 is 1.25 bits per heavy atom. The minimum Gasteiger partial charge on any atom is -0.368 e. The molecule has 1 aliphatic heterocycles. The van der Waals surface area contributed by atoms with Gasteiger partial charge in [-0.1, -0.05) is 56.3 Å². The van der Waals surface area contributed by atoms with Crippen LogP contribution in [0.5, 0.6) is 0 Å². The monoisotopic (exact) mass is 377 g/mol. The van der Waals surface area contributed by atoms with E-state index >= 15 is 0 Å². The van der Waals surface area contributed by atoms with E-state index in [1.54, 1.807) is 0 Å². The molecule has 0 spiro atoms. The van der Waals surface area contributed by atoms with E-state index in [2.05, 4.69) is 55.2 Å². The third kappa shape index (κ3) is 3.10. The maximum absolute atomic E-state index is 12.5. The molecule has 1 amide bonds. The molecule has 0 saturated heterocycles. The first-order chi connectivity index (χ1) is 13.5. The van der Waals surface area contributed by atoms with Crippen molar-refractivity contribution in [3.05, 3.63) is 70.5 Å². The minimum absolute atomic E-state index is 0.0392. The lowest BCUT2D eigenvalue weighted by atomic mass is 9.80. The van der Waals surface area contributed by atoms with Crippen molar-refractivity contribution in [1.29, 1.82) is 0 Å². The van der Waals surface area contributed by atoms with Crippen LogP contribution in [0, 0.1) is 0 Å². The molecular formula is C24H31N3O. The number of primary amides is 1. The standard InChI is InChI=1S/C24H31N3O/c1-3-21(15(2)16-9-5-4-6-10-16)27-22-14-20(25)18-12-8-7-11-17(18)19(22)13-23(27)24(26)28/h4-7,9-11,15,20-21,23H,3,8,12-14,25H2,1-2H3,(H2,26,28)/t15-,20?,21?,23?/m0/s1. The number of carbonyl (C=O) groups is 1. The summed E-state index contributed by atoms with van der Waals surface area (Å²) in [4.78, 5) is 14.8. The SMILES string of the molecule is CCC([C@@H](C)c1ccccc1)N1C2=C(CC1C(N)=O)C1=C(CCC=C1)C(N)C2. The molecule has 4 N–H and O–H groups in total. The van der Waals surface area contributed by atoms with Gasteiger partial charge in [0.05, 0.1) is 0 Å². The van der Waals surface area contributed by atoms with Crippen molar-refractivity contribution in [2.75, 3.05) is 0 Å². The molecule has 1 aromatic rings. The number of fused-ring (bicyclic) bond motifs is 1. The van der Waals surface area contributed by atoms with Gasteiger partial charge >= 0.3 is 0 Å². The predicted molar refractivity (Wildman–Crippen MR) is 113 cm³/mol. The molecule has 28 heavy (non-hydrogen) atoms. The molecule has 0 bridgehead atoms. The van der Waals surface area contributed by atoms with Gasteiger partial charge in [-0.3, -0.25) is 4.79 Å². The third-order valence-corrected chi connectivity index (χ3v) is 6.80. The molecule has 0 fully saturated rings. The van der Waals surface area contributed by atoms with Crippen LogP contribution in [-0.2, 0) is 4.79 Å². The van der Waals surface area contributed by atoms with E-state index in [-0.39, 0.29) is 24.0 Å². The van der Waals surface area contributed by atoms with Gasteiger partial charge in [-0.2, -0.15) is 0 Å². The van der Waals surface area contributed by atoms with Gasteiger partial charge in [-0.05, 0) is 41.5 Å². The second kappa shape index (κ2) is 7.59. The first-order valence-electron chi connectivity index (χ1n) is 10.5. The van der Waals surface area contributed by atoms with Crippen molar-refractivity contribution in [2.45, 2.75) is 70.0 Å². The number of carbonyl (C=O) groups excluding carboxylic acids is 1. The van der Waals surface area contributed by atoms with Crippen LogP contribution in [0.2, 0.25) is 0 Å². The Labute approximate surface area is 168 Å². The fourth-order valence-corrected chi connectivity index (χ4v) is 5.38. The fourth-order valence-electron chi connectivity index (χ4n) is 5.38. The number of hydrogen-bond donors (Lipinski definition) is 2. The van der Waals surface area contributed by atoms with Crippen molar-refractivity contribution in [1.82, 2.24) is 4.90 Å². The van der Waals surface area contributed by atoms with Crippen LogP contribution < -0.4 is 11.5 Å². The molecule has 4 nitrogen and oxygen atoms in total. The van der Waals surface area contributed by atoms with Gasteiger partial charge in [0.25, 0.3) is 0 Å². The summed E-state index contributed by atoms with van der Waals surface area (Å²) in [6.45, 7) is 4.46. The average Bonchev–Trinajstić information content (AvgIpc) is 3.09. The highest BCUT2D eigenvalue weighted by Gasteiger charge is 2.44. The van der Waals surface area contributed by atoms with E-state index in [4.69, 9.17) is 11.5 Å². The summed E-state index contributed by atoms with van der Waals surface area (Å²) in [5.41, 5.74) is 19.0. The van der Waals surface area contributed by atoms with E-state index in [9.17, 15) is 4.79 Å². The van der Waals surface area contributed by atoms with Crippen molar-refractivity contribution in [3.8, 4) is 0 Å². The largest absolute Gasteiger partial charge is 0.368 e. The molecule has 4 rings (SSSR count). The first-order valence-corrected chi connectivity index (χ1v) is 10.5. The summed E-state index contributed by atoms with van der Waals surface area (Å²) < 4.78 is 0. The van der Waals surface area contributed by atoms with Crippen LogP contribution in [-0.4, -0.2) is 28.9 Å². The molecule has 3 aliphatic rings. The second-order valence-corrected chi connectivity index (χ2v) is 8.32. The zero-order valence-electron chi connectivity index (χ0n) is 16.9. The number of allylic oxidation sites excluding steroid dienone is 3. The number of nitrogens with zero attached hydrogens (tertiary/aromatic N) is 1. The Hall–Kier alpha value is -2.33. The van der Waals surface area contributed by atoms with Gasteiger partial charge in [-0.15, -0.1) is 0 Å². The average molecular weight is 378 g/mol. The van der Waals surface area contributed by atoms with Crippen LogP contribution >= 0.6 is 0 Å². The molecule has 4 atom stereocenters. The smallest absolute Gasteiger partial charge is 0.240 e. The predicted octanol–water partition coefficient (Wildman–Crippen LogP) is 3.76. The molecule has 1 heterocycles. The van der Waals surface area contributed by atoms with Crippen LogP contribution in [0.15, 0.2) is 64.9 Å². The molecule has 0 radical (unpaired) electrons.